The summed E-state index contributed by atoms with van der Waals surface area (Å²) in [4.78, 5) is 19.5. The van der Waals surface area contributed by atoms with Gasteiger partial charge in [-0.25, -0.2) is 9.50 Å². The highest BCUT2D eigenvalue weighted by atomic mass is 16.5. The average Bonchev–Trinajstić information content (AvgIpc) is 3.72. The summed E-state index contributed by atoms with van der Waals surface area (Å²) >= 11 is 0. The van der Waals surface area contributed by atoms with Crippen LogP contribution < -0.4 is 5.32 Å². The first kappa shape index (κ1) is 24.1. The van der Waals surface area contributed by atoms with Gasteiger partial charge in [0.05, 0.1) is 11.9 Å². The molecule has 0 bridgehead atoms. The van der Waals surface area contributed by atoms with Crippen LogP contribution in [0.1, 0.15) is 46.8 Å². The van der Waals surface area contributed by atoms with E-state index in [0.29, 0.717) is 12.1 Å². The summed E-state index contributed by atoms with van der Waals surface area (Å²) in [5.41, 5.74) is 5.97. The van der Waals surface area contributed by atoms with Gasteiger partial charge in [-0.3, -0.25) is 4.79 Å². The molecule has 1 fully saturated rings. The standard InChI is InChI=1S/C30H30N6O2/c37-30(27-16-17-31-38-27)32-25-14-12-24(13-15-25)26-6-3-7-29-33-28(34-36(26)29)21-23-10-8-22(9-11-23)5-4-20-35-18-1-2-19-35/h3,6-17H,1-2,4-5,18-21H2,(H,32,37). The topological polar surface area (TPSA) is 88.6 Å². The summed E-state index contributed by atoms with van der Waals surface area (Å²) in [6.45, 7) is 3.73. The van der Waals surface area contributed by atoms with Crippen LogP contribution in [-0.2, 0) is 12.8 Å². The second-order valence-electron chi connectivity index (χ2n) is 9.76. The number of carbonyl (C=O) groups excluding carboxylic acids is 1. The van der Waals surface area contributed by atoms with E-state index in [1.54, 1.807) is 0 Å². The molecule has 192 valence electrons. The summed E-state index contributed by atoms with van der Waals surface area (Å²) in [5, 5.41) is 11.2. The molecule has 0 radical (unpaired) electrons. The van der Waals surface area contributed by atoms with Gasteiger partial charge in [-0.2, -0.15) is 5.10 Å². The Morgan fingerprint density at radius 1 is 0.921 bits per heavy atom. The van der Waals surface area contributed by atoms with Crippen molar-refractivity contribution in [2.45, 2.75) is 32.1 Å². The van der Waals surface area contributed by atoms with Gasteiger partial charge in [0.25, 0.3) is 5.91 Å². The van der Waals surface area contributed by atoms with Crippen molar-refractivity contribution in [3.05, 3.63) is 102 Å². The zero-order valence-corrected chi connectivity index (χ0v) is 21.2. The predicted molar refractivity (Wildman–Crippen MR) is 146 cm³/mol. The lowest BCUT2D eigenvalue weighted by molar-refractivity contribution is 0.0988. The van der Waals surface area contributed by atoms with Crippen molar-refractivity contribution in [3.8, 4) is 11.3 Å². The summed E-state index contributed by atoms with van der Waals surface area (Å²) in [6, 6.07) is 24.0. The van der Waals surface area contributed by atoms with Crippen LogP contribution in [0.4, 0.5) is 5.69 Å². The van der Waals surface area contributed by atoms with Gasteiger partial charge < -0.3 is 14.7 Å². The molecule has 5 aromatic rings. The second kappa shape index (κ2) is 11.0. The van der Waals surface area contributed by atoms with E-state index in [4.69, 9.17) is 14.6 Å². The predicted octanol–water partition coefficient (Wildman–Crippen LogP) is 5.26. The molecule has 0 spiro atoms. The number of fused-ring (bicyclic) bond motifs is 1. The Labute approximate surface area is 221 Å². The first-order chi connectivity index (χ1) is 18.7. The molecule has 38 heavy (non-hydrogen) atoms. The van der Waals surface area contributed by atoms with E-state index < -0.39 is 0 Å². The molecule has 1 N–H and O–H groups in total. The number of hydrogen-bond acceptors (Lipinski definition) is 6. The first-order valence-electron chi connectivity index (χ1n) is 13.2. The van der Waals surface area contributed by atoms with Crippen LogP contribution in [0.3, 0.4) is 0 Å². The lowest BCUT2D eigenvalue weighted by atomic mass is 10.1. The Hall–Kier alpha value is -4.30. The molecule has 2 aromatic carbocycles. The molecule has 1 aliphatic rings. The fraction of sp³-hybridized carbons (Fsp3) is 0.267. The average molecular weight is 507 g/mol. The van der Waals surface area contributed by atoms with Gasteiger partial charge in [0.15, 0.2) is 11.5 Å². The van der Waals surface area contributed by atoms with Gasteiger partial charge in [0.1, 0.15) is 0 Å². The molecule has 1 amide bonds. The number of aromatic nitrogens is 4. The molecule has 3 aromatic heterocycles. The van der Waals surface area contributed by atoms with Crippen LogP contribution in [-0.4, -0.2) is 50.2 Å². The van der Waals surface area contributed by atoms with E-state index in [1.165, 1.54) is 62.3 Å². The summed E-state index contributed by atoms with van der Waals surface area (Å²) < 4.78 is 6.79. The molecular weight excluding hydrogens is 476 g/mol. The number of nitrogens with zero attached hydrogens (tertiary/aromatic N) is 5. The van der Waals surface area contributed by atoms with Crippen molar-refractivity contribution in [3.63, 3.8) is 0 Å². The van der Waals surface area contributed by atoms with E-state index in [9.17, 15) is 4.79 Å². The Bertz CT molecular complexity index is 1500. The summed E-state index contributed by atoms with van der Waals surface area (Å²) in [7, 11) is 0. The van der Waals surface area contributed by atoms with Gasteiger partial charge in [0, 0.05) is 23.7 Å². The van der Waals surface area contributed by atoms with Crippen molar-refractivity contribution in [2.75, 3.05) is 25.0 Å². The van der Waals surface area contributed by atoms with Gasteiger partial charge in [-0.15, -0.1) is 0 Å². The van der Waals surface area contributed by atoms with Crippen LogP contribution in [0, 0.1) is 0 Å². The second-order valence-corrected chi connectivity index (χ2v) is 9.76. The van der Waals surface area contributed by atoms with Crippen LogP contribution >= 0.6 is 0 Å². The summed E-state index contributed by atoms with van der Waals surface area (Å²) in [5.74, 6) is 0.615. The van der Waals surface area contributed by atoms with E-state index in [1.807, 2.05) is 47.0 Å². The molecule has 0 atom stereocenters. The maximum atomic E-state index is 12.2. The third-order valence-electron chi connectivity index (χ3n) is 7.03. The van der Waals surface area contributed by atoms with E-state index in [0.717, 1.165) is 29.1 Å². The Balaban J connectivity index is 1.11. The van der Waals surface area contributed by atoms with Gasteiger partial charge in [-0.1, -0.05) is 47.6 Å². The van der Waals surface area contributed by atoms with Crippen LogP contribution in [0.25, 0.3) is 16.9 Å². The largest absolute Gasteiger partial charge is 0.351 e. The monoisotopic (exact) mass is 506 g/mol. The van der Waals surface area contributed by atoms with Gasteiger partial charge >= 0.3 is 0 Å². The van der Waals surface area contributed by atoms with Gasteiger partial charge in [-0.05, 0) is 80.7 Å². The van der Waals surface area contributed by atoms with Crippen LogP contribution in [0.5, 0.6) is 0 Å². The minimum absolute atomic E-state index is 0.168. The smallest absolute Gasteiger partial charge is 0.294 e. The minimum Gasteiger partial charge on any atom is -0.351 e. The maximum absolute atomic E-state index is 12.2. The molecule has 1 saturated heterocycles. The number of aryl methyl sites for hydroxylation is 1. The number of hydrogen-bond donors (Lipinski definition) is 1. The first-order valence-corrected chi connectivity index (χ1v) is 13.2. The maximum Gasteiger partial charge on any atom is 0.294 e. The number of carbonyl (C=O) groups is 1. The SMILES string of the molecule is O=C(Nc1ccc(-c2cccc3nc(Cc4ccc(CCCN5CCCC5)cc4)nn23)cc1)c1ccno1. The van der Waals surface area contributed by atoms with Crippen molar-refractivity contribution in [1.82, 2.24) is 24.7 Å². The number of amides is 1. The Morgan fingerprint density at radius 3 is 2.47 bits per heavy atom. The van der Waals surface area contributed by atoms with E-state index in [-0.39, 0.29) is 11.7 Å². The minimum atomic E-state index is -0.339. The number of nitrogens with one attached hydrogen (secondary N) is 1. The molecule has 0 unspecified atom stereocenters. The lowest BCUT2D eigenvalue weighted by Crippen LogP contribution is -2.20. The lowest BCUT2D eigenvalue weighted by Gasteiger charge is -2.13. The van der Waals surface area contributed by atoms with Crippen LogP contribution in [0.15, 0.2) is 83.5 Å². The fourth-order valence-electron chi connectivity index (χ4n) is 5.01. The fourth-order valence-corrected chi connectivity index (χ4v) is 5.01. The molecule has 1 aliphatic heterocycles. The zero-order chi connectivity index (χ0) is 25.7. The van der Waals surface area contributed by atoms with E-state index in [2.05, 4.69) is 39.6 Å². The molecule has 0 aliphatic carbocycles. The highest BCUT2D eigenvalue weighted by molar-refractivity contribution is 6.02. The van der Waals surface area contributed by atoms with Crippen molar-refractivity contribution < 1.29 is 9.32 Å². The highest BCUT2D eigenvalue weighted by Crippen LogP contribution is 2.23. The van der Waals surface area contributed by atoms with Gasteiger partial charge in [0.2, 0.25) is 5.76 Å². The number of likely N-dealkylation sites (tertiary alicyclic amines) is 1. The number of benzene rings is 2. The Kier molecular flexibility index (Phi) is 6.95. The molecule has 8 nitrogen and oxygen atoms in total. The number of rotatable bonds is 9. The number of pyridine rings is 1. The molecular formula is C30H30N6O2. The van der Waals surface area contributed by atoms with Crippen molar-refractivity contribution in [2.24, 2.45) is 0 Å². The third kappa shape index (κ3) is 5.50. The third-order valence-corrected chi connectivity index (χ3v) is 7.03. The van der Waals surface area contributed by atoms with Crippen LogP contribution in [0.2, 0.25) is 0 Å². The Morgan fingerprint density at radius 2 is 1.71 bits per heavy atom. The van der Waals surface area contributed by atoms with E-state index >= 15 is 0 Å². The molecule has 8 heteroatoms. The molecule has 6 rings (SSSR count). The normalized spacial score (nSPS) is 13.8. The van der Waals surface area contributed by atoms with Crippen molar-refractivity contribution >= 4 is 17.2 Å². The molecule has 4 heterocycles. The summed E-state index contributed by atoms with van der Waals surface area (Å²) in [6.07, 6.45) is 7.16. The molecule has 0 saturated carbocycles. The quantitative estimate of drug-likeness (QED) is 0.294. The highest BCUT2D eigenvalue weighted by Gasteiger charge is 2.13. The van der Waals surface area contributed by atoms with Crippen molar-refractivity contribution in [1.29, 1.82) is 0 Å². The number of anilines is 1. The zero-order valence-electron chi connectivity index (χ0n) is 21.2.